The lowest BCUT2D eigenvalue weighted by Gasteiger charge is -2.20. The van der Waals surface area contributed by atoms with Crippen LogP contribution in [0.1, 0.15) is 39.0 Å². The fourth-order valence-electron chi connectivity index (χ4n) is 1.31. The van der Waals surface area contributed by atoms with Crippen molar-refractivity contribution in [3.05, 3.63) is 0 Å². The van der Waals surface area contributed by atoms with Gasteiger partial charge in [0.05, 0.1) is 6.10 Å². The summed E-state index contributed by atoms with van der Waals surface area (Å²) in [5.41, 5.74) is 0. The van der Waals surface area contributed by atoms with Gasteiger partial charge in [-0.2, -0.15) is 0 Å². The van der Waals surface area contributed by atoms with Crippen LogP contribution in [0.5, 0.6) is 0 Å². The minimum atomic E-state index is -0.689. The molecule has 14 heavy (non-hydrogen) atoms. The van der Waals surface area contributed by atoms with Crippen LogP contribution >= 0.6 is 23.2 Å². The Balaban J connectivity index is 3.63. The van der Waals surface area contributed by atoms with Gasteiger partial charge in [0, 0.05) is 0 Å². The third-order valence-corrected chi connectivity index (χ3v) is 3.35. The van der Waals surface area contributed by atoms with Gasteiger partial charge in [-0.1, -0.05) is 32.6 Å². The van der Waals surface area contributed by atoms with Crippen LogP contribution in [0.2, 0.25) is 13.1 Å². The Hall–Kier alpha value is 0.757. The number of unbranched alkanes of at least 4 members (excludes halogenated alkanes) is 3. The Morgan fingerprint density at radius 3 is 2.21 bits per heavy atom. The Morgan fingerprint density at radius 2 is 1.79 bits per heavy atom. The highest BCUT2D eigenvalue weighted by atomic mass is 35.5. The van der Waals surface area contributed by atoms with Crippen molar-refractivity contribution < 1.29 is 4.43 Å². The number of rotatable bonds is 8. The molecule has 0 bridgehead atoms. The SMILES string of the molecule is CCCCCCC(O[Si](C)C)C(Cl)Cl. The molecule has 0 aliphatic carbocycles. The smallest absolute Gasteiger partial charge is 0.205 e. The summed E-state index contributed by atoms with van der Waals surface area (Å²) in [6.45, 7) is 6.43. The molecular weight excluding hydrogens is 235 g/mol. The molecule has 1 radical (unpaired) electrons. The lowest BCUT2D eigenvalue weighted by molar-refractivity contribution is 0.203. The van der Waals surface area contributed by atoms with Gasteiger partial charge in [-0.3, -0.25) is 0 Å². The molecule has 1 nitrogen and oxygen atoms in total. The summed E-state index contributed by atoms with van der Waals surface area (Å²) in [5.74, 6) is 0. The van der Waals surface area contributed by atoms with Gasteiger partial charge in [-0.15, -0.1) is 23.2 Å². The summed E-state index contributed by atoms with van der Waals surface area (Å²) in [7, 11) is -0.689. The highest BCUT2D eigenvalue weighted by Crippen LogP contribution is 2.19. The predicted octanol–water partition coefficient (Wildman–Crippen LogP) is 4.40. The quantitative estimate of drug-likeness (QED) is 0.355. The molecule has 0 N–H and O–H groups in total. The van der Waals surface area contributed by atoms with Gasteiger partial charge in [0.25, 0.3) is 0 Å². The van der Waals surface area contributed by atoms with E-state index in [4.69, 9.17) is 27.6 Å². The zero-order chi connectivity index (χ0) is 11.0. The number of hydrogen-bond donors (Lipinski definition) is 0. The van der Waals surface area contributed by atoms with E-state index in [1.54, 1.807) is 0 Å². The van der Waals surface area contributed by atoms with Crippen molar-refractivity contribution in [2.24, 2.45) is 0 Å². The van der Waals surface area contributed by atoms with E-state index in [0.717, 1.165) is 6.42 Å². The first-order chi connectivity index (χ1) is 6.57. The first kappa shape index (κ1) is 14.8. The molecular formula is C10H21Cl2OSi. The van der Waals surface area contributed by atoms with Crippen molar-refractivity contribution in [3.63, 3.8) is 0 Å². The molecule has 1 unspecified atom stereocenters. The van der Waals surface area contributed by atoms with Gasteiger partial charge < -0.3 is 4.43 Å². The molecule has 0 aromatic rings. The zero-order valence-corrected chi connectivity index (χ0v) is 11.9. The molecule has 0 rings (SSSR count). The monoisotopic (exact) mass is 255 g/mol. The summed E-state index contributed by atoms with van der Waals surface area (Å²) in [4.78, 5) is -0.378. The molecule has 85 valence electrons. The molecule has 4 heteroatoms. The number of hydrogen-bond acceptors (Lipinski definition) is 1. The van der Waals surface area contributed by atoms with Crippen LogP contribution in [0.25, 0.3) is 0 Å². The Morgan fingerprint density at radius 1 is 1.14 bits per heavy atom. The van der Waals surface area contributed by atoms with Gasteiger partial charge in [0.2, 0.25) is 9.04 Å². The van der Waals surface area contributed by atoms with Crippen LogP contribution < -0.4 is 0 Å². The average molecular weight is 256 g/mol. The van der Waals surface area contributed by atoms with Crippen LogP contribution in [0.3, 0.4) is 0 Å². The van der Waals surface area contributed by atoms with Crippen molar-refractivity contribution in [2.75, 3.05) is 0 Å². The van der Waals surface area contributed by atoms with Crippen LogP contribution in [-0.2, 0) is 4.43 Å². The van der Waals surface area contributed by atoms with Crippen LogP contribution in [0.15, 0.2) is 0 Å². The second-order valence-corrected chi connectivity index (χ2v) is 6.96. The number of halogens is 2. The van der Waals surface area contributed by atoms with Crippen molar-refractivity contribution in [1.29, 1.82) is 0 Å². The summed E-state index contributed by atoms with van der Waals surface area (Å²) in [5, 5.41) is 0. The summed E-state index contributed by atoms with van der Waals surface area (Å²) in [6.07, 6.45) is 6.01. The Kier molecular flexibility index (Phi) is 9.50. The largest absolute Gasteiger partial charge is 0.412 e. The standard InChI is InChI=1S/C10H21Cl2OSi/c1-4-5-6-7-8-9(10(11)12)13-14(2)3/h9-10H,4-8H2,1-3H3. The summed E-state index contributed by atoms with van der Waals surface area (Å²) in [6, 6.07) is 0. The van der Waals surface area contributed by atoms with Crippen molar-refractivity contribution in [2.45, 2.75) is 63.1 Å². The third-order valence-electron chi connectivity index (χ3n) is 2.01. The normalized spacial score (nSPS) is 13.9. The lowest BCUT2D eigenvalue weighted by Crippen LogP contribution is -2.26. The maximum absolute atomic E-state index is 5.86. The molecule has 0 heterocycles. The van der Waals surface area contributed by atoms with E-state index in [0.29, 0.717) is 0 Å². The number of alkyl halides is 2. The molecule has 0 saturated carbocycles. The van der Waals surface area contributed by atoms with Crippen molar-refractivity contribution >= 4 is 32.2 Å². The van der Waals surface area contributed by atoms with E-state index in [9.17, 15) is 0 Å². The highest BCUT2D eigenvalue weighted by molar-refractivity contribution is 6.49. The predicted molar refractivity (Wildman–Crippen MR) is 66.6 cm³/mol. The van der Waals surface area contributed by atoms with Gasteiger partial charge >= 0.3 is 0 Å². The molecule has 0 aromatic heterocycles. The van der Waals surface area contributed by atoms with Gasteiger partial charge in [-0.05, 0) is 19.5 Å². The van der Waals surface area contributed by atoms with E-state index in [1.807, 2.05) is 0 Å². The van der Waals surface area contributed by atoms with Crippen molar-refractivity contribution in [1.82, 2.24) is 0 Å². The minimum absolute atomic E-state index is 0.0408. The molecule has 0 aliphatic rings. The van der Waals surface area contributed by atoms with E-state index < -0.39 is 9.04 Å². The summed E-state index contributed by atoms with van der Waals surface area (Å²) < 4.78 is 5.73. The van der Waals surface area contributed by atoms with Crippen LogP contribution in [0.4, 0.5) is 0 Å². The first-order valence-electron chi connectivity index (χ1n) is 5.32. The second kappa shape index (κ2) is 9.02. The van der Waals surface area contributed by atoms with Gasteiger partial charge in [0.15, 0.2) is 0 Å². The maximum atomic E-state index is 5.86. The third kappa shape index (κ3) is 8.10. The van der Waals surface area contributed by atoms with Crippen LogP contribution in [0, 0.1) is 0 Å². The molecule has 0 aromatic carbocycles. The Labute approximate surface area is 99.8 Å². The van der Waals surface area contributed by atoms with E-state index in [2.05, 4.69) is 20.0 Å². The van der Waals surface area contributed by atoms with E-state index >= 15 is 0 Å². The average Bonchev–Trinajstić information content (AvgIpc) is 2.09. The van der Waals surface area contributed by atoms with Gasteiger partial charge in [0.1, 0.15) is 4.84 Å². The molecule has 0 amide bonds. The zero-order valence-electron chi connectivity index (χ0n) is 9.35. The van der Waals surface area contributed by atoms with E-state index in [-0.39, 0.29) is 10.9 Å². The fourth-order valence-corrected chi connectivity index (χ4v) is 2.70. The molecule has 0 spiro atoms. The van der Waals surface area contributed by atoms with Gasteiger partial charge in [-0.25, -0.2) is 0 Å². The second-order valence-electron chi connectivity index (χ2n) is 3.75. The van der Waals surface area contributed by atoms with Crippen LogP contribution in [-0.4, -0.2) is 20.0 Å². The molecule has 1 atom stereocenters. The minimum Gasteiger partial charge on any atom is -0.412 e. The van der Waals surface area contributed by atoms with Crippen molar-refractivity contribution in [3.8, 4) is 0 Å². The molecule has 0 aliphatic heterocycles. The molecule has 0 saturated heterocycles. The fraction of sp³-hybridized carbons (Fsp3) is 1.00. The Bertz CT molecular complexity index is 131. The molecule has 0 fully saturated rings. The lowest BCUT2D eigenvalue weighted by atomic mass is 10.1. The topological polar surface area (TPSA) is 9.23 Å². The maximum Gasteiger partial charge on any atom is 0.205 e. The first-order valence-corrected chi connectivity index (χ1v) is 8.61. The van der Waals surface area contributed by atoms with E-state index in [1.165, 1.54) is 25.7 Å². The highest BCUT2D eigenvalue weighted by Gasteiger charge is 2.18. The summed E-state index contributed by atoms with van der Waals surface area (Å²) >= 11 is 11.7.